The van der Waals surface area contributed by atoms with Gasteiger partial charge < -0.3 is 5.11 Å². The van der Waals surface area contributed by atoms with E-state index in [1.54, 1.807) is 18.7 Å². The molecule has 0 aliphatic heterocycles. The lowest BCUT2D eigenvalue weighted by Gasteiger charge is -1.99. The number of hydrogen-bond donors (Lipinski definition) is 2. The molecule has 2 aromatic rings. The number of rotatable bonds is 5. The van der Waals surface area contributed by atoms with E-state index in [0.29, 0.717) is 15.0 Å². The molecule has 2 rings (SSSR count). The number of thioether (sulfide) groups is 1. The molecule has 0 saturated heterocycles. The standard InChI is InChI=1S/C10H11N5O3S2/c1-5-6(3-11-15(5)2)8(18)12-9-13-14-10(20-9)19-4-7(16)17/h3H,4H2,1-2H3,(H,16,17)(H,12,13,18). The number of nitrogens with zero attached hydrogens (tertiary/aromatic N) is 4. The zero-order chi connectivity index (χ0) is 14.7. The number of carbonyl (C=O) groups is 2. The Labute approximate surface area is 122 Å². The van der Waals surface area contributed by atoms with Crippen LogP contribution in [0.4, 0.5) is 5.13 Å². The molecule has 2 N–H and O–H groups in total. The highest BCUT2D eigenvalue weighted by atomic mass is 32.2. The van der Waals surface area contributed by atoms with Crippen LogP contribution in [-0.2, 0) is 11.8 Å². The van der Waals surface area contributed by atoms with Crippen molar-refractivity contribution in [2.45, 2.75) is 11.3 Å². The summed E-state index contributed by atoms with van der Waals surface area (Å²) in [7, 11) is 1.75. The molecule has 0 spiro atoms. The number of aliphatic carboxylic acids is 1. The van der Waals surface area contributed by atoms with E-state index in [0.717, 1.165) is 28.8 Å². The smallest absolute Gasteiger partial charge is 0.313 e. The number of anilines is 1. The van der Waals surface area contributed by atoms with Gasteiger partial charge in [-0.1, -0.05) is 23.1 Å². The molecule has 1 amide bonds. The van der Waals surface area contributed by atoms with E-state index in [1.807, 2.05) is 0 Å². The Hall–Kier alpha value is -1.94. The first kappa shape index (κ1) is 14.5. The van der Waals surface area contributed by atoms with Gasteiger partial charge in [0, 0.05) is 12.7 Å². The highest BCUT2D eigenvalue weighted by molar-refractivity contribution is 8.01. The van der Waals surface area contributed by atoms with Crippen molar-refractivity contribution in [1.29, 1.82) is 0 Å². The Morgan fingerprint density at radius 1 is 1.50 bits per heavy atom. The van der Waals surface area contributed by atoms with Gasteiger partial charge >= 0.3 is 5.97 Å². The molecule has 0 unspecified atom stereocenters. The lowest BCUT2D eigenvalue weighted by molar-refractivity contribution is -0.133. The van der Waals surface area contributed by atoms with E-state index in [2.05, 4.69) is 20.6 Å². The zero-order valence-electron chi connectivity index (χ0n) is 10.7. The molecule has 10 heteroatoms. The second-order valence-corrected chi connectivity index (χ2v) is 5.98. The monoisotopic (exact) mass is 313 g/mol. The van der Waals surface area contributed by atoms with Crippen LogP contribution in [0.25, 0.3) is 0 Å². The fourth-order valence-corrected chi connectivity index (χ4v) is 2.80. The predicted octanol–water partition coefficient (Wildman–Crippen LogP) is 1.01. The molecule has 0 atom stereocenters. The van der Waals surface area contributed by atoms with Crippen molar-refractivity contribution in [3.05, 3.63) is 17.5 Å². The minimum atomic E-state index is -0.929. The van der Waals surface area contributed by atoms with Gasteiger partial charge in [-0.3, -0.25) is 19.6 Å². The number of aryl methyl sites for hydroxylation is 1. The van der Waals surface area contributed by atoms with Gasteiger partial charge in [-0.15, -0.1) is 10.2 Å². The summed E-state index contributed by atoms with van der Waals surface area (Å²) in [5.41, 5.74) is 1.20. The second-order valence-electron chi connectivity index (χ2n) is 3.78. The number of nitrogens with one attached hydrogen (secondary N) is 1. The fraction of sp³-hybridized carbons (Fsp3) is 0.300. The van der Waals surface area contributed by atoms with Gasteiger partial charge in [0.2, 0.25) is 5.13 Å². The van der Waals surface area contributed by atoms with Gasteiger partial charge in [0.15, 0.2) is 4.34 Å². The maximum atomic E-state index is 12.0. The van der Waals surface area contributed by atoms with Crippen LogP contribution in [0.1, 0.15) is 16.1 Å². The highest BCUT2D eigenvalue weighted by Gasteiger charge is 2.15. The van der Waals surface area contributed by atoms with Gasteiger partial charge in [0.05, 0.1) is 17.5 Å². The van der Waals surface area contributed by atoms with Crippen LogP contribution in [0.3, 0.4) is 0 Å². The summed E-state index contributed by atoms with van der Waals surface area (Å²) in [6, 6.07) is 0. The van der Waals surface area contributed by atoms with E-state index < -0.39 is 5.97 Å². The van der Waals surface area contributed by atoms with Crippen molar-refractivity contribution in [3.63, 3.8) is 0 Å². The Kier molecular flexibility index (Phi) is 4.35. The van der Waals surface area contributed by atoms with Crippen LogP contribution in [-0.4, -0.2) is 42.7 Å². The van der Waals surface area contributed by atoms with Crippen molar-refractivity contribution in [1.82, 2.24) is 20.0 Å². The van der Waals surface area contributed by atoms with E-state index in [4.69, 9.17) is 5.11 Å². The summed E-state index contributed by atoms with van der Waals surface area (Å²) in [5, 5.41) is 23.1. The van der Waals surface area contributed by atoms with Crippen molar-refractivity contribution >= 4 is 40.1 Å². The van der Waals surface area contributed by atoms with Crippen molar-refractivity contribution in [2.75, 3.05) is 11.1 Å². The summed E-state index contributed by atoms with van der Waals surface area (Å²) >= 11 is 2.19. The first-order valence-electron chi connectivity index (χ1n) is 5.45. The van der Waals surface area contributed by atoms with E-state index in [1.165, 1.54) is 6.20 Å². The quantitative estimate of drug-likeness (QED) is 0.626. The SMILES string of the molecule is Cc1c(C(=O)Nc2nnc(SCC(=O)O)s2)cnn1C. The third-order valence-corrected chi connectivity index (χ3v) is 4.38. The molecular formula is C10H11N5O3S2. The zero-order valence-corrected chi connectivity index (χ0v) is 12.3. The van der Waals surface area contributed by atoms with Crippen LogP contribution < -0.4 is 5.32 Å². The minimum Gasteiger partial charge on any atom is -0.481 e. The summed E-state index contributed by atoms with van der Waals surface area (Å²) in [6.45, 7) is 1.79. The first-order chi connectivity index (χ1) is 9.47. The van der Waals surface area contributed by atoms with Gasteiger partial charge in [0.25, 0.3) is 5.91 Å². The number of hydrogen-bond acceptors (Lipinski definition) is 7. The summed E-state index contributed by atoms with van der Waals surface area (Å²) < 4.78 is 2.09. The average Bonchev–Trinajstić information content (AvgIpc) is 2.95. The number of carboxylic acid groups (broad SMARTS) is 1. The molecule has 2 heterocycles. The molecule has 0 radical (unpaired) electrons. The second kappa shape index (κ2) is 6.01. The topological polar surface area (TPSA) is 110 Å². The van der Waals surface area contributed by atoms with Gasteiger partial charge in [-0.25, -0.2) is 0 Å². The molecule has 0 aliphatic carbocycles. The fourth-order valence-electron chi connectivity index (χ4n) is 1.33. The maximum Gasteiger partial charge on any atom is 0.313 e. The van der Waals surface area contributed by atoms with Crippen molar-refractivity contribution in [3.8, 4) is 0 Å². The third-order valence-electron chi connectivity index (χ3n) is 2.43. The Morgan fingerprint density at radius 2 is 2.25 bits per heavy atom. The molecular weight excluding hydrogens is 302 g/mol. The lowest BCUT2D eigenvalue weighted by atomic mass is 10.2. The Balaban J connectivity index is 2.01. The summed E-state index contributed by atoms with van der Waals surface area (Å²) in [4.78, 5) is 22.4. The number of aromatic nitrogens is 4. The predicted molar refractivity (Wildman–Crippen MR) is 74.2 cm³/mol. The summed E-state index contributed by atoms with van der Waals surface area (Å²) in [6.07, 6.45) is 1.48. The molecule has 0 aromatic carbocycles. The Morgan fingerprint density at radius 3 is 2.85 bits per heavy atom. The largest absolute Gasteiger partial charge is 0.481 e. The number of amides is 1. The normalized spacial score (nSPS) is 10.5. The maximum absolute atomic E-state index is 12.0. The molecule has 2 aromatic heterocycles. The van der Waals surface area contributed by atoms with Gasteiger partial charge in [-0.2, -0.15) is 5.10 Å². The molecule has 106 valence electrons. The third kappa shape index (κ3) is 3.33. The van der Waals surface area contributed by atoms with Crippen LogP contribution >= 0.6 is 23.1 Å². The molecule has 0 fully saturated rings. The first-order valence-corrected chi connectivity index (χ1v) is 7.25. The highest BCUT2D eigenvalue weighted by Crippen LogP contribution is 2.25. The molecule has 8 nitrogen and oxygen atoms in total. The molecule has 0 aliphatic rings. The minimum absolute atomic E-state index is 0.0930. The van der Waals surface area contributed by atoms with E-state index in [9.17, 15) is 9.59 Å². The number of carboxylic acids is 1. The van der Waals surface area contributed by atoms with Gasteiger partial charge in [-0.05, 0) is 6.92 Å². The van der Waals surface area contributed by atoms with Gasteiger partial charge in [0.1, 0.15) is 0 Å². The Bertz CT molecular complexity index is 651. The molecule has 0 saturated carbocycles. The van der Waals surface area contributed by atoms with E-state index in [-0.39, 0.29) is 11.7 Å². The van der Waals surface area contributed by atoms with Crippen LogP contribution in [0.15, 0.2) is 10.5 Å². The molecule has 0 bridgehead atoms. The van der Waals surface area contributed by atoms with Crippen molar-refractivity contribution < 1.29 is 14.7 Å². The van der Waals surface area contributed by atoms with Crippen LogP contribution in [0, 0.1) is 6.92 Å². The van der Waals surface area contributed by atoms with Crippen molar-refractivity contribution in [2.24, 2.45) is 7.05 Å². The van der Waals surface area contributed by atoms with Crippen LogP contribution in [0.5, 0.6) is 0 Å². The molecule has 20 heavy (non-hydrogen) atoms. The van der Waals surface area contributed by atoms with Crippen LogP contribution in [0.2, 0.25) is 0 Å². The number of carbonyl (C=O) groups excluding carboxylic acids is 1. The van der Waals surface area contributed by atoms with E-state index >= 15 is 0 Å². The average molecular weight is 313 g/mol. The lowest BCUT2D eigenvalue weighted by Crippen LogP contribution is -2.12. The summed E-state index contributed by atoms with van der Waals surface area (Å²) in [5.74, 6) is -1.34.